The Labute approximate surface area is 142 Å². The SMILES string of the molecule is Cc1cc2nc(C3CCN(C(=O)c4ccsc4)CC3)cc(=O)n2[nH]1. The first-order valence-electron chi connectivity index (χ1n) is 8.02. The Balaban J connectivity index is 1.51. The maximum atomic E-state index is 12.4. The fraction of sp³-hybridized carbons (Fsp3) is 0.353. The Hall–Kier alpha value is -2.41. The van der Waals surface area contributed by atoms with Crippen LogP contribution < -0.4 is 5.56 Å². The summed E-state index contributed by atoms with van der Waals surface area (Å²) in [7, 11) is 0. The highest BCUT2D eigenvalue weighted by atomic mass is 32.1. The van der Waals surface area contributed by atoms with Crippen molar-refractivity contribution < 1.29 is 4.79 Å². The van der Waals surface area contributed by atoms with Crippen molar-refractivity contribution in [2.75, 3.05) is 13.1 Å². The number of H-pyrrole nitrogens is 1. The average Bonchev–Trinajstić information content (AvgIpc) is 3.23. The van der Waals surface area contributed by atoms with E-state index in [9.17, 15) is 9.59 Å². The number of aromatic amines is 1. The zero-order valence-corrected chi connectivity index (χ0v) is 14.2. The fourth-order valence-electron chi connectivity index (χ4n) is 3.29. The van der Waals surface area contributed by atoms with E-state index in [2.05, 4.69) is 10.1 Å². The molecule has 3 aromatic heterocycles. The van der Waals surface area contributed by atoms with E-state index < -0.39 is 0 Å². The summed E-state index contributed by atoms with van der Waals surface area (Å²) in [4.78, 5) is 31.1. The molecule has 1 fully saturated rings. The summed E-state index contributed by atoms with van der Waals surface area (Å²) in [5.74, 6) is 0.323. The number of carbonyl (C=O) groups excluding carboxylic acids is 1. The summed E-state index contributed by atoms with van der Waals surface area (Å²) in [6.45, 7) is 3.31. The van der Waals surface area contributed by atoms with Gasteiger partial charge >= 0.3 is 0 Å². The predicted molar refractivity (Wildman–Crippen MR) is 92.7 cm³/mol. The number of carbonyl (C=O) groups is 1. The van der Waals surface area contributed by atoms with Gasteiger partial charge in [0.15, 0.2) is 5.65 Å². The summed E-state index contributed by atoms with van der Waals surface area (Å²) in [5, 5.41) is 6.79. The molecule has 0 bridgehead atoms. The molecule has 3 aromatic rings. The van der Waals surface area contributed by atoms with Gasteiger partial charge in [0, 0.05) is 42.2 Å². The molecule has 4 rings (SSSR count). The minimum atomic E-state index is -0.0834. The van der Waals surface area contributed by atoms with Crippen molar-refractivity contribution >= 4 is 22.9 Å². The molecule has 0 aromatic carbocycles. The monoisotopic (exact) mass is 342 g/mol. The Morgan fingerprint density at radius 3 is 2.83 bits per heavy atom. The summed E-state index contributed by atoms with van der Waals surface area (Å²) < 4.78 is 1.47. The van der Waals surface area contributed by atoms with Gasteiger partial charge in [-0.1, -0.05) is 0 Å². The second-order valence-electron chi connectivity index (χ2n) is 6.23. The van der Waals surface area contributed by atoms with E-state index in [-0.39, 0.29) is 17.4 Å². The smallest absolute Gasteiger partial charge is 0.272 e. The Kier molecular flexibility index (Phi) is 3.72. The standard InChI is InChI=1S/C17H18N4O2S/c1-11-8-15-18-14(9-16(22)21(15)19-11)12-2-5-20(6-3-12)17(23)13-4-7-24-10-13/h4,7-10,12,19H,2-3,5-6H2,1H3. The van der Waals surface area contributed by atoms with Gasteiger partial charge in [-0.05, 0) is 31.2 Å². The molecule has 1 aliphatic rings. The molecule has 1 N–H and O–H groups in total. The number of amides is 1. The van der Waals surface area contributed by atoms with E-state index in [4.69, 9.17) is 0 Å². The number of nitrogens with zero attached hydrogens (tertiary/aromatic N) is 3. The first-order chi connectivity index (χ1) is 11.6. The number of nitrogens with one attached hydrogen (secondary N) is 1. The van der Waals surface area contributed by atoms with Gasteiger partial charge in [-0.15, -0.1) is 0 Å². The lowest BCUT2D eigenvalue weighted by Gasteiger charge is -2.31. The average molecular weight is 342 g/mol. The lowest BCUT2D eigenvalue weighted by Crippen LogP contribution is -2.38. The van der Waals surface area contributed by atoms with Crippen LogP contribution in [0.25, 0.3) is 5.65 Å². The molecule has 7 heteroatoms. The van der Waals surface area contributed by atoms with Gasteiger partial charge in [0.05, 0.1) is 11.3 Å². The number of fused-ring (bicyclic) bond motifs is 1. The number of aryl methyl sites for hydroxylation is 1. The maximum absolute atomic E-state index is 12.4. The second kappa shape index (κ2) is 5.90. The molecule has 4 heterocycles. The van der Waals surface area contributed by atoms with Gasteiger partial charge in [-0.3, -0.25) is 14.7 Å². The predicted octanol–water partition coefficient (Wildman–Crippen LogP) is 2.41. The Morgan fingerprint density at radius 1 is 1.33 bits per heavy atom. The largest absolute Gasteiger partial charge is 0.339 e. The van der Waals surface area contributed by atoms with Crippen molar-refractivity contribution in [1.29, 1.82) is 0 Å². The molecule has 0 spiro atoms. The Bertz CT molecular complexity index is 933. The summed E-state index contributed by atoms with van der Waals surface area (Å²) in [5.41, 5.74) is 3.08. The molecule has 1 saturated heterocycles. The van der Waals surface area contributed by atoms with Gasteiger partial charge in [0.2, 0.25) is 0 Å². The van der Waals surface area contributed by atoms with E-state index in [0.29, 0.717) is 18.7 Å². The normalized spacial score (nSPS) is 16.0. The van der Waals surface area contributed by atoms with Crippen molar-refractivity contribution in [3.63, 3.8) is 0 Å². The van der Waals surface area contributed by atoms with Gasteiger partial charge in [0.1, 0.15) is 0 Å². The van der Waals surface area contributed by atoms with E-state index >= 15 is 0 Å². The number of hydrogen-bond acceptors (Lipinski definition) is 4. The van der Waals surface area contributed by atoms with Crippen LogP contribution in [0.15, 0.2) is 33.8 Å². The van der Waals surface area contributed by atoms with Crippen molar-refractivity contribution in [3.05, 3.63) is 56.3 Å². The number of likely N-dealkylation sites (tertiary alicyclic amines) is 1. The van der Waals surface area contributed by atoms with Crippen molar-refractivity contribution in [2.24, 2.45) is 0 Å². The number of rotatable bonds is 2. The summed E-state index contributed by atoms with van der Waals surface area (Å²) in [6.07, 6.45) is 1.67. The molecule has 24 heavy (non-hydrogen) atoms. The minimum absolute atomic E-state index is 0.0834. The molecule has 6 nitrogen and oxygen atoms in total. The quantitative estimate of drug-likeness (QED) is 0.777. The molecule has 0 saturated carbocycles. The van der Waals surface area contributed by atoms with Crippen LogP contribution in [0.1, 0.15) is 40.5 Å². The van der Waals surface area contributed by atoms with E-state index in [0.717, 1.165) is 29.8 Å². The van der Waals surface area contributed by atoms with Crippen LogP contribution in [0, 0.1) is 6.92 Å². The molecule has 0 atom stereocenters. The van der Waals surface area contributed by atoms with Crippen LogP contribution in [0.4, 0.5) is 0 Å². The molecule has 0 unspecified atom stereocenters. The second-order valence-corrected chi connectivity index (χ2v) is 7.01. The number of hydrogen-bond donors (Lipinski definition) is 1. The zero-order chi connectivity index (χ0) is 16.7. The maximum Gasteiger partial charge on any atom is 0.272 e. The van der Waals surface area contributed by atoms with Crippen LogP contribution >= 0.6 is 11.3 Å². The zero-order valence-electron chi connectivity index (χ0n) is 13.4. The molecular formula is C17H18N4O2S. The van der Waals surface area contributed by atoms with Gasteiger partial charge in [-0.2, -0.15) is 11.3 Å². The third kappa shape index (κ3) is 2.65. The number of piperidine rings is 1. The lowest BCUT2D eigenvalue weighted by molar-refractivity contribution is 0.0712. The third-order valence-electron chi connectivity index (χ3n) is 4.57. The molecule has 1 aliphatic heterocycles. The Morgan fingerprint density at radius 2 is 2.12 bits per heavy atom. The molecular weight excluding hydrogens is 324 g/mol. The molecule has 1 amide bonds. The first kappa shape index (κ1) is 15.1. The van der Waals surface area contributed by atoms with Crippen LogP contribution in [-0.2, 0) is 0 Å². The topological polar surface area (TPSA) is 70.5 Å². The molecule has 0 radical (unpaired) electrons. The van der Waals surface area contributed by atoms with Gasteiger partial charge in [-0.25, -0.2) is 9.50 Å². The summed E-state index contributed by atoms with van der Waals surface area (Å²) >= 11 is 1.54. The summed E-state index contributed by atoms with van der Waals surface area (Å²) in [6, 6.07) is 5.35. The van der Waals surface area contributed by atoms with Gasteiger partial charge in [0.25, 0.3) is 11.5 Å². The van der Waals surface area contributed by atoms with E-state index in [1.807, 2.05) is 34.7 Å². The fourth-order valence-corrected chi connectivity index (χ4v) is 3.92. The van der Waals surface area contributed by atoms with Crippen LogP contribution in [0.3, 0.4) is 0 Å². The lowest BCUT2D eigenvalue weighted by atomic mass is 9.93. The van der Waals surface area contributed by atoms with E-state index in [1.54, 1.807) is 6.07 Å². The van der Waals surface area contributed by atoms with Crippen molar-refractivity contribution in [3.8, 4) is 0 Å². The highest BCUT2D eigenvalue weighted by Crippen LogP contribution is 2.27. The first-order valence-corrected chi connectivity index (χ1v) is 8.97. The van der Waals surface area contributed by atoms with Crippen LogP contribution in [0.2, 0.25) is 0 Å². The van der Waals surface area contributed by atoms with Crippen LogP contribution in [0.5, 0.6) is 0 Å². The van der Waals surface area contributed by atoms with Gasteiger partial charge < -0.3 is 4.90 Å². The number of thiophene rings is 1. The third-order valence-corrected chi connectivity index (χ3v) is 5.25. The van der Waals surface area contributed by atoms with E-state index in [1.165, 1.54) is 15.9 Å². The van der Waals surface area contributed by atoms with Crippen molar-refractivity contribution in [1.82, 2.24) is 19.5 Å². The highest BCUT2D eigenvalue weighted by molar-refractivity contribution is 7.08. The highest BCUT2D eigenvalue weighted by Gasteiger charge is 2.26. The minimum Gasteiger partial charge on any atom is -0.339 e. The number of aromatic nitrogens is 3. The molecule has 124 valence electrons. The van der Waals surface area contributed by atoms with Crippen LogP contribution in [-0.4, -0.2) is 38.5 Å². The van der Waals surface area contributed by atoms with Crippen molar-refractivity contribution in [2.45, 2.75) is 25.7 Å². The molecule has 0 aliphatic carbocycles.